The van der Waals surface area contributed by atoms with E-state index in [2.05, 4.69) is 25.7 Å². The highest BCUT2D eigenvalue weighted by Crippen LogP contribution is 2.17. The van der Waals surface area contributed by atoms with Crippen LogP contribution < -0.4 is 10.6 Å². The average Bonchev–Trinajstić information content (AvgIpc) is 3.34. The van der Waals surface area contributed by atoms with E-state index in [4.69, 9.17) is 16.3 Å². The van der Waals surface area contributed by atoms with Gasteiger partial charge in [-0.05, 0) is 44.1 Å². The third kappa shape index (κ3) is 6.52. The van der Waals surface area contributed by atoms with Gasteiger partial charge in [-0.3, -0.25) is 9.59 Å². The lowest BCUT2D eigenvalue weighted by Crippen LogP contribution is -2.35. The maximum absolute atomic E-state index is 12.2. The number of hydrogen-bond acceptors (Lipinski definition) is 7. The SMILES string of the molecule is O=C(COCc1nnc(C(=O)Nc2cccc(Cl)c2)s1)NCCN1CCCC1. The summed E-state index contributed by atoms with van der Waals surface area (Å²) in [5.74, 6) is -0.534. The summed E-state index contributed by atoms with van der Waals surface area (Å²) in [6, 6.07) is 6.84. The zero-order valence-corrected chi connectivity index (χ0v) is 16.9. The first-order valence-electron chi connectivity index (χ1n) is 9.06. The number of halogens is 1. The van der Waals surface area contributed by atoms with Crippen LogP contribution in [0.4, 0.5) is 5.69 Å². The maximum atomic E-state index is 12.2. The van der Waals surface area contributed by atoms with Gasteiger partial charge in [-0.2, -0.15) is 0 Å². The number of ether oxygens (including phenoxy) is 1. The van der Waals surface area contributed by atoms with Crippen molar-refractivity contribution in [1.29, 1.82) is 0 Å². The van der Waals surface area contributed by atoms with E-state index in [1.165, 1.54) is 12.8 Å². The molecule has 1 aliphatic rings. The van der Waals surface area contributed by atoms with Gasteiger partial charge in [0, 0.05) is 23.8 Å². The Bertz CT molecular complexity index is 810. The number of amides is 2. The zero-order chi connectivity index (χ0) is 19.8. The summed E-state index contributed by atoms with van der Waals surface area (Å²) in [6.45, 7) is 3.78. The fraction of sp³-hybridized carbons (Fsp3) is 0.444. The van der Waals surface area contributed by atoms with Crippen molar-refractivity contribution in [1.82, 2.24) is 20.4 Å². The Labute approximate surface area is 172 Å². The van der Waals surface area contributed by atoms with Gasteiger partial charge < -0.3 is 20.3 Å². The molecule has 0 bridgehead atoms. The summed E-state index contributed by atoms with van der Waals surface area (Å²) in [7, 11) is 0. The summed E-state index contributed by atoms with van der Waals surface area (Å²) >= 11 is 7.02. The molecule has 0 radical (unpaired) electrons. The molecule has 150 valence electrons. The molecule has 1 saturated heterocycles. The number of likely N-dealkylation sites (tertiary alicyclic amines) is 1. The number of anilines is 1. The van der Waals surface area contributed by atoms with Crippen molar-refractivity contribution in [2.24, 2.45) is 0 Å². The lowest BCUT2D eigenvalue weighted by atomic mass is 10.3. The minimum Gasteiger partial charge on any atom is -0.364 e. The second kappa shape index (κ2) is 10.5. The van der Waals surface area contributed by atoms with E-state index in [-0.39, 0.29) is 30.0 Å². The highest BCUT2D eigenvalue weighted by molar-refractivity contribution is 7.13. The van der Waals surface area contributed by atoms with E-state index in [1.807, 2.05) is 0 Å². The van der Waals surface area contributed by atoms with Crippen LogP contribution in [0.25, 0.3) is 0 Å². The van der Waals surface area contributed by atoms with Gasteiger partial charge in [0.05, 0.1) is 0 Å². The Morgan fingerprint density at radius 1 is 1.25 bits per heavy atom. The molecule has 1 aromatic carbocycles. The number of carbonyl (C=O) groups excluding carboxylic acids is 2. The lowest BCUT2D eigenvalue weighted by Gasteiger charge is -2.14. The Balaban J connectivity index is 1.35. The number of benzene rings is 1. The van der Waals surface area contributed by atoms with Gasteiger partial charge in [-0.25, -0.2) is 0 Å². The Morgan fingerprint density at radius 3 is 2.86 bits per heavy atom. The normalized spacial score (nSPS) is 14.2. The molecule has 10 heteroatoms. The van der Waals surface area contributed by atoms with Crippen LogP contribution in [0.5, 0.6) is 0 Å². The molecule has 1 fully saturated rings. The molecule has 0 atom stereocenters. The number of hydrogen-bond donors (Lipinski definition) is 2. The predicted octanol–water partition coefficient (Wildman–Crippen LogP) is 2.17. The molecule has 2 N–H and O–H groups in total. The number of aromatic nitrogens is 2. The first-order chi connectivity index (χ1) is 13.6. The summed E-state index contributed by atoms with van der Waals surface area (Å²) in [4.78, 5) is 26.3. The van der Waals surface area contributed by atoms with Crippen molar-refractivity contribution in [3.8, 4) is 0 Å². The van der Waals surface area contributed by atoms with Crippen molar-refractivity contribution in [2.75, 3.05) is 38.1 Å². The highest BCUT2D eigenvalue weighted by atomic mass is 35.5. The van der Waals surface area contributed by atoms with Crippen LogP contribution >= 0.6 is 22.9 Å². The van der Waals surface area contributed by atoms with Crippen molar-refractivity contribution >= 4 is 40.4 Å². The van der Waals surface area contributed by atoms with E-state index in [0.717, 1.165) is 31.0 Å². The molecule has 0 saturated carbocycles. The smallest absolute Gasteiger partial charge is 0.286 e. The quantitative estimate of drug-likeness (QED) is 0.641. The topological polar surface area (TPSA) is 96.5 Å². The summed E-state index contributed by atoms with van der Waals surface area (Å²) in [5.41, 5.74) is 0.580. The van der Waals surface area contributed by atoms with Crippen LogP contribution in [-0.4, -0.2) is 59.7 Å². The van der Waals surface area contributed by atoms with Gasteiger partial charge in [0.25, 0.3) is 5.91 Å². The van der Waals surface area contributed by atoms with Gasteiger partial charge in [0.15, 0.2) is 0 Å². The van der Waals surface area contributed by atoms with Gasteiger partial charge >= 0.3 is 0 Å². The molecule has 0 spiro atoms. The fourth-order valence-electron chi connectivity index (χ4n) is 2.80. The molecule has 8 nitrogen and oxygen atoms in total. The number of nitrogens with zero attached hydrogens (tertiary/aromatic N) is 3. The van der Waals surface area contributed by atoms with E-state index >= 15 is 0 Å². The van der Waals surface area contributed by atoms with E-state index < -0.39 is 0 Å². The summed E-state index contributed by atoms with van der Waals surface area (Å²) < 4.78 is 5.36. The van der Waals surface area contributed by atoms with Crippen LogP contribution in [0.1, 0.15) is 27.7 Å². The molecule has 3 rings (SSSR count). The predicted molar refractivity (Wildman–Crippen MR) is 108 cm³/mol. The minimum absolute atomic E-state index is 0.0520. The molecular weight excluding hydrogens is 402 g/mol. The van der Waals surface area contributed by atoms with Crippen LogP contribution in [0.3, 0.4) is 0 Å². The summed E-state index contributed by atoms with van der Waals surface area (Å²) in [6.07, 6.45) is 2.47. The molecular formula is C18H22ClN5O3S. The molecule has 1 aliphatic heterocycles. The third-order valence-corrected chi connectivity index (χ3v) is 5.28. The summed E-state index contributed by atoms with van der Waals surface area (Å²) in [5, 5.41) is 14.6. The Morgan fingerprint density at radius 2 is 2.07 bits per heavy atom. The van der Waals surface area contributed by atoms with Crippen molar-refractivity contribution < 1.29 is 14.3 Å². The van der Waals surface area contributed by atoms with Crippen molar-refractivity contribution in [3.63, 3.8) is 0 Å². The van der Waals surface area contributed by atoms with E-state index in [0.29, 0.717) is 22.3 Å². The lowest BCUT2D eigenvalue weighted by molar-refractivity contribution is -0.126. The van der Waals surface area contributed by atoms with Crippen LogP contribution in [-0.2, 0) is 16.1 Å². The third-order valence-electron chi connectivity index (χ3n) is 4.15. The molecule has 0 aliphatic carbocycles. The molecule has 2 aromatic rings. The fourth-order valence-corrected chi connectivity index (χ4v) is 3.66. The van der Waals surface area contributed by atoms with Crippen LogP contribution in [0, 0.1) is 0 Å². The number of carbonyl (C=O) groups is 2. The first-order valence-corrected chi connectivity index (χ1v) is 10.3. The monoisotopic (exact) mass is 423 g/mol. The van der Waals surface area contributed by atoms with Gasteiger partial charge in [0.2, 0.25) is 10.9 Å². The van der Waals surface area contributed by atoms with Crippen molar-refractivity contribution in [3.05, 3.63) is 39.3 Å². The Kier molecular flexibility index (Phi) is 7.72. The molecule has 1 aromatic heterocycles. The molecule has 28 heavy (non-hydrogen) atoms. The standard InChI is InChI=1S/C18H22ClN5O3S/c19-13-4-3-5-14(10-13)21-17(26)18-23-22-16(28-18)12-27-11-15(25)20-6-9-24-7-1-2-8-24/h3-5,10H,1-2,6-9,11-12H2,(H,20,25)(H,21,26). The zero-order valence-electron chi connectivity index (χ0n) is 15.3. The van der Waals surface area contributed by atoms with Crippen LogP contribution in [0.2, 0.25) is 5.02 Å². The van der Waals surface area contributed by atoms with Gasteiger partial charge in [0.1, 0.15) is 18.2 Å². The van der Waals surface area contributed by atoms with Crippen molar-refractivity contribution in [2.45, 2.75) is 19.4 Å². The first kappa shape index (κ1) is 20.7. The minimum atomic E-state index is -0.370. The van der Waals surface area contributed by atoms with E-state index in [9.17, 15) is 9.59 Å². The largest absolute Gasteiger partial charge is 0.364 e. The average molecular weight is 424 g/mol. The highest BCUT2D eigenvalue weighted by Gasteiger charge is 2.14. The van der Waals surface area contributed by atoms with Gasteiger partial charge in [-0.15, -0.1) is 10.2 Å². The van der Waals surface area contributed by atoms with Gasteiger partial charge in [-0.1, -0.05) is 29.0 Å². The number of rotatable bonds is 9. The Hall–Kier alpha value is -2.07. The maximum Gasteiger partial charge on any atom is 0.286 e. The molecule has 0 unspecified atom stereocenters. The number of nitrogens with one attached hydrogen (secondary N) is 2. The van der Waals surface area contributed by atoms with Crippen LogP contribution in [0.15, 0.2) is 24.3 Å². The second-order valence-electron chi connectivity index (χ2n) is 6.36. The van der Waals surface area contributed by atoms with E-state index in [1.54, 1.807) is 24.3 Å². The second-order valence-corrected chi connectivity index (χ2v) is 7.86. The molecule has 2 amide bonds. The molecule has 2 heterocycles.